The van der Waals surface area contributed by atoms with Crippen molar-refractivity contribution >= 4 is 17.3 Å². The average Bonchev–Trinajstić information content (AvgIpc) is 3.18. The number of anilines is 1. The van der Waals surface area contributed by atoms with E-state index in [9.17, 15) is 4.79 Å². The van der Waals surface area contributed by atoms with E-state index in [1.54, 1.807) is 0 Å². The largest absolute Gasteiger partial charge is 0.372 e. The minimum Gasteiger partial charge on any atom is -0.372 e. The number of hydrazone groups is 1. The second-order valence-electron chi connectivity index (χ2n) is 8.24. The zero-order valence-electron chi connectivity index (χ0n) is 15.8. The molecule has 6 heteroatoms. The molecule has 0 radical (unpaired) electrons. The molecule has 3 aliphatic heterocycles. The first-order chi connectivity index (χ1) is 12.4. The summed E-state index contributed by atoms with van der Waals surface area (Å²) in [6.07, 6.45) is 1.81. The van der Waals surface area contributed by atoms with Gasteiger partial charge < -0.3 is 14.4 Å². The van der Waals surface area contributed by atoms with Gasteiger partial charge in [-0.15, -0.1) is 0 Å². The molecule has 4 rings (SSSR count). The Balaban J connectivity index is 1.45. The zero-order chi connectivity index (χ0) is 18.4. The lowest BCUT2D eigenvalue weighted by Gasteiger charge is -2.40. The van der Waals surface area contributed by atoms with E-state index < -0.39 is 0 Å². The number of carbonyl (C=O) groups excluding carboxylic acids is 1. The van der Waals surface area contributed by atoms with Gasteiger partial charge in [0.25, 0.3) is 5.91 Å². The third-order valence-corrected chi connectivity index (χ3v) is 5.40. The maximum atomic E-state index is 13.0. The number of morpholine rings is 1. The van der Waals surface area contributed by atoms with Crippen molar-refractivity contribution in [3.8, 4) is 0 Å². The van der Waals surface area contributed by atoms with E-state index in [4.69, 9.17) is 9.47 Å². The van der Waals surface area contributed by atoms with Gasteiger partial charge in [-0.2, -0.15) is 5.10 Å². The van der Waals surface area contributed by atoms with Crippen molar-refractivity contribution in [1.29, 1.82) is 0 Å². The second-order valence-corrected chi connectivity index (χ2v) is 8.24. The molecule has 0 saturated carbocycles. The lowest BCUT2D eigenvalue weighted by molar-refractivity contribution is -0.0998. The highest BCUT2D eigenvalue weighted by molar-refractivity contribution is 5.95. The predicted molar refractivity (Wildman–Crippen MR) is 101 cm³/mol. The highest BCUT2D eigenvalue weighted by atomic mass is 16.6. The van der Waals surface area contributed by atoms with Crippen LogP contribution >= 0.6 is 0 Å². The fourth-order valence-electron chi connectivity index (χ4n) is 4.14. The molecule has 1 aromatic rings. The van der Waals surface area contributed by atoms with Crippen LogP contribution < -0.4 is 5.01 Å². The second kappa shape index (κ2) is 6.35. The van der Waals surface area contributed by atoms with Crippen molar-refractivity contribution in [3.63, 3.8) is 0 Å². The van der Waals surface area contributed by atoms with Gasteiger partial charge >= 0.3 is 0 Å². The average molecular weight is 357 g/mol. The summed E-state index contributed by atoms with van der Waals surface area (Å²) in [4.78, 5) is 14.9. The fourth-order valence-corrected chi connectivity index (χ4v) is 4.14. The molecule has 0 bridgehead atoms. The van der Waals surface area contributed by atoms with Crippen LogP contribution in [-0.2, 0) is 9.47 Å². The molecular formula is C20H27N3O3. The summed E-state index contributed by atoms with van der Waals surface area (Å²) in [5.41, 5.74) is 2.33. The van der Waals surface area contributed by atoms with Crippen LogP contribution in [0.1, 0.15) is 44.0 Å². The number of benzene rings is 1. The maximum absolute atomic E-state index is 13.0. The highest BCUT2D eigenvalue weighted by Crippen LogP contribution is 2.37. The first-order valence-corrected chi connectivity index (χ1v) is 9.35. The van der Waals surface area contributed by atoms with Crippen LogP contribution in [0.15, 0.2) is 29.4 Å². The van der Waals surface area contributed by atoms with Gasteiger partial charge in [0.15, 0.2) is 0 Å². The van der Waals surface area contributed by atoms with Gasteiger partial charge in [0, 0.05) is 37.2 Å². The first kappa shape index (κ1) is 17.5. The Bertz CT molecular complexity index is 728. The van der Waals surface area contributed by atoms with Gasteiger partial charge in [-0.05, 0) is 45.0 Å². The smallest absolute Gasteiger partial charge is 0.254 e. The Hall–Kier alpha value is -1.92. The summed E-state index contributed by atoms with van der Waals surface area (Å²) < 4.78 is 11.9. The van der Waals surface area contributed by atoms with E-state index in [-0.39, 0.29) is 17.1 Å². The molecular weight excluding hydrogens is 330 g/mol. The summed E-state index contributed by atoms with van der Waals surface area (Å²) in [6, 6.07) is 7.76. The Morgan fingerprint density at radius 3 is 2.54 bits per heavy atom. The molecule has 1 unspecified atom stereocenters. The molecule has 3 heterocycles. The molecule has 1 spiro atoms. The van der Waals surface area contributed by atoms with Crippen molar-refractivity contribution in [1.82, 2.24) is 4.90 Å². The molecule has 1 amide bonds. The minimum atomic E-state index is -0.362. The summed E-state index contributed by atoms with van der Waals surface area (Å²) in [6.45, 7) is 9.42. The minimum absolute atomic E-state index is 0.0602. The van der Waals surface area contributed by atoms with Gasteiger partial charge in [-0.3, -0.25) is 9.80 Å². The van der Waals surface area contributed by atoms with Crippen molar-refractivity contribution in [2.24, 2.45) is 5.10 Å². The van der Waals surface area contributed by atoms with E-state index in [1.165, 1.54) is 0 Å². The van der Waals surface area contributed by atoms with Crippen molar-refractivity contribution in [3.05, 3.63) is 29.8 Å². The number of hydrogen-bond acceptors (Lipinski definition) is 5. The van der Waals surface area contributed by atoms with Crippen LogP contribution in [0.5, 0.6) is 0 Å². The number of ether oxygens (including phenoxy) is 2. The zero-order valence-corrected chi connectivity index (χ0v) is 15.8. The van der Waals surface area contributed by atoms with E-state index in [2.05, 4.69) is 18.9 Å². The van der Waals surface area contributed by atoms with E-state index in [1.807, 2.05) is 41.1 Å². The molecule has 26 heavy (non-hydrogen) atoms. The summed E-state index contributed by atoms with van der Waals surface area (Å²) in [5, 5.41) is 6.50. The molecule has 2 saturated heterocycles. The molecule has 1 aromatic carbocycles. The normalized spacial score (nSPS) is 27.9. The van der Waals surface area contributed by atoms with E-state index in [0.29, 0.717) is 31.9 Å². The van der Waals surface area contributed by atoms with Crippen molar-refractivity contribution in [2.75, 3.05) is 37.9 Å². The molecule has 0 N–H and O–H groups in total. The van der Waals surface area contributed by atoms with Crippen LogP contribution in [0, 0.1) is 0 Å². The van der Waals surface area contributed by atoms with Crippen molar-refractivity contribution in [2.45, 2.75) is 44.8 Å². The quantitative estimate of drug-likeness (QED) is 0.817. The molecule has 140 valence electrons. The van der Waals surface area contributed by atoms with Crippen LogP contribution in [0.2, 0.25) is 0 Å². The van der Waals surface area contributed by atoms with Crippen LogP contribution in [0.25, 0.3) is 0 Å². The van der Waals surface area contributed by atoms with Crippen LogP contribution in [0.4, 0.5) is 5.69 Å². The van der Waals surface area contributed by atoms with Gasteiger partial charge in [0.05, 0.1) is 31.0 Å². The summed E-state index contributed by atoms with van der Waals surface area (Å²) in [5.74, 6) is 0.0602. The summed E-state index contributed by atoms with van der Waals surface area (Å²) in [7, 11) is 0. The molecule has 6 nitrogen and oxygen atoms in total. The van der Waals surface area contributed by atoms with Gasteiger partial charge in [-0.1, -0.05) is 0 Å². The number of hydrogen-bond donors (Lipinski definition) is 0. The fraction of sp³-hybridized carbons (Fsp3) is 0.600. The van der Waals surface area contributed by atoms with Crippen LogP contribution in [-0.4, -0.2) is 60.6 Å². The molecule has 0 aromatic heterocycles. The SMILES string of the molecule is CC1=NN(c2ccc(C(=O)N3CCOC4(COC(C)(C)C4)C3)cc2)CC1. The number of amides is 1. The number of rotatable bonds is 2. The Morgan fingerprint density at radius 1 is 1.15 bits per heavy atom. The Labute approximate surface area is 154 Å². The topological polar surface area (TPSA) is 54.4 Å². The lowest BCUT2D eigenvalue weighted by atomic mass is 9.92. The molecule has 1 atom stereocenters. The number of nitrogens with zero attached hydrogens (tertiary/aromatic N) is 3. The van der Waals surface area contributed by atoms with Crippen LogP contribution in [0.3, 0.4) is 0 Å². The lowest BCUT2D eigenvalue weighted by Crippen LogP contribution is -2.54. The monoisotopic (exact) mass is 357 g/mol. The molecule has 3 aliphatic rings. The molecule has 0 aliphatic carbocycles. The van der Waals surface area contributed by atoms with Gasteiger partial charge in [0.2, 0.25) is 0 Å². The Kier molecular flexibility index (Phi) is 4.28. The third-order valence-electron chi connectivity index (χ3n) is 5.40. The Morgan fingerprint density at radius 2 is 1.92 bits per heavy atom. The third kappa shape index (κ3) is 3.35. The van der Waals surface area contributed by atoms with E-state index >= 15 is 0 Å². The standard InChI is InChI=1S/C20H27N3O3/c1-15-8-9-23(21-15)17-6-4-16(5-7-17)18(24)22-10-11-25-20(13-22)12-19(2,3)26-14-20/h4-7H,8-14H2,1-3H3. The predicted octanol–water partition coefficient (Wildman–Crippen LogP) is 2.68. The van der Waals surface area contributed by atoms with Gasteiger partial charge in [-0.25, -0.2) is 0 Å². The molecule has 2 fully saturated rings. The highest BCUT2D eigenvalue weighted by Gasteiger charge is 2.48. The summed E-state index contributed by atoms with van der Waals surface area (Å²) >= 11 is 0. The first-order valence-electron chi connectivity index (χ1n) is 9.35. The van der Waals surface area contributed by atoms with E-state index in [0.717, 1.165) is 30.8 Å². The van der Waals surface area contributed by atoms with Crippen molar-refractivity contribution < 1.29 is 14.3 Å². The number of carbonyl (C=O) groups is 1. The van der Waals surface area contributed by atoms with Gasteiger partial charge in [0.1, 0.15) is 5.60 Å². The maximum Gasteiger partial charge on any atom is 0.254 e.